The van der Waals surface area contributed by atoms with Gasteiger partial charge >= 0.3 is 6.18 Å². The normalized spacial score (nSPS) is 17.6. The van der Waals surface area contributed by atoms with Crippen molar-refractivity contribution in [3.05, 3.63) is 35.4 Å². The van der Waals surface area contributed by atoms with Gasteiger partial charge in [-0.2, -0.15) is 13.2 Å². The Balaban J connectivity index is 1.90. The van der Waals surface area contributed by atoms with E-state index in [1.54, 1.807) is 6.92 Å². The third kappa shape index (κ3) is 8.61. The summed E-state index contributed by atoms with van der Waals surface area (Å²) in [6.07, 6.45) is -4.39. The lowest BCUT2D eigenvalue weighted by atomic mass is 10.1. The second-order valence-corrected chi connectivity index (χ2v) is 7.31. The molecule has 30 heavy (non-hydrogen) atoms. The number of hydrogen-bond acceptors (Lipinski definition) is 4. The van der Waals surface area contributed by atoms with Crippen molar-refractivity contribution in [2.75, 3.05) is 52.5 Å². The number of nitrogens with zero attached hydrogens (tertiary/aromatic N) is 2. The first kappa shape index (κ1) is 24.0. The van der Waals surface area contributed by atoms with Crippen LogP contribution in [0.2, 0.25) is 0 Å². The zero-order chi connectivity index (χ0) is 22.0. The van der Waals surface area contributed by atoms with Gasteiger partial charge in [-0.25, -0.2) is 0 Å². The monoisotopic (exact) mass is 426 g/mol. The number of halogens is 3. The van der Waals surface area contributed by atoms with Gasteiger partial charge in [0, 0.05) is 31.7 Å². The molecule has 1 aliphatic rings. The van der Waals surface area contributed by atoms with Crippen LogP contribution >= 0.6 is 0 Å². The van der Waals surface area contributed by atoms with Crippen molar-refractivity contribution < 1.29 is 23.0 Å². The average Bonchev–Trinajstić information content (AvgIpc) is 2.69. The number of aliphatic hydroxyl groups is 1. The van der Waals surface area contributed by atoms with Gasteiger partial charge in [-0.05, 0) is 32.0 Å². The number of guanidine groups is 1. The van der Waals surface area contributed by atoms with Crippen molar-refractivity contribution in [3.8, 4) is 11.8 Å². The first-order valence-electron chi connectivity index (χ1n) is 9.90. The molecule has 1 saturated heterocycles. The highest BCUT2D eigenvalue weighted by Gasteiger charge is 2.30. The Labute approximate surface area is 175 Å². The number of alkyl halides is 3. The highest BCUT2D eigenvalue weighted by molar-refractivity contribution is 5.80. The Bertz CT molecular complexity index is 763. The third-order valence-electron chi connectivity index (χ3n) is 4.36. The molecule has 9 heteroatoms. The Hall–Kier alpha value is -2.28. The number of ether oxygens (including phenoxy) is 1. The molecule has 0 aliphatic carbocycles. The standard InChI is InChI=1S/C21H29F3N4O2/c1-3-25-19(27-15-20(2,29)16-28-10-12-30-13-11-28)26-9-5-7-17-6-4-8-18(14-17)21(22,23)24/h4,6,8,14,29H,3,9-13,15-16H2,1-2H3,(H2,25,26,27). The molecule has 1 fully saturated rings. The minimum Gasteiger partial charge on any atom is -0.387 e. The van der Waals surface area contributed by atoms with E-state index in [0.29, 0.717) is 37.8 Å². The van der Waals surface area contributed by atoms with Gasteiger partial charge in [0.15, 0.2) is 5.96 Å². The molecule has 2 rings (SSSR count). The van der Waals surface area contributed by atoms with Crippen LogP contribution < -0.4 is 10.6 Å². The molecule has 166 valence electrons. The molecule has 1 heterocycles. The summed E-state index contributed by atoms with van der Waals surface area (Å²) in [6, 6.07) is 4.91. The maximum absolute atomic E-state index is 12.8. The zero-order valence-electron chi connectivity index (χ0n) is 17.4. The molecule has 1 aromatic rings. The average molecular weight is 426 g/mol. The molecule has 0 amide bonds. The number of benzene rings is 1. The zero-order valence-corrected chi connectivity index (χ0v) is 17.4. The van der Waals surface area contributed by atoms with Crippen molar-refractivity contribution in [2.45, 2.75) is 25.6 Å². The van der Waals surface area contributed by atoms with E-state index in [1.807, 2.05) is 6.92 Å². The van der Waals surface area contributed by atoms with Gasteiger partial charge in [0.25, 0.3) is 0 Å². The van der Waals surface area contributed by atoms with Crippen LogP contribution in [0.4, 0.5) is 13.2 Å². The maximum atomic E-state index is 12.8. The van der Waals surface area contributed by atoms with E-state index in [0.717, 1.165) is 25.2 Å². The number of β-amino-alcohol motifs (C(OH)–C–C–N with tert-alkyl or cyclic N) is 1. The van der Waals surface area contributed by atoms with E-state index in [9.17, 15) is 18.3 Å². The third-order valence-corrected chi connectivity index (χ3v) is 4.36. The number of morpholine rings is 1. The topological polar surface area (TPSA) is 69.1 Å². The Morgan fingerprint density at radius 1 is 1.27 bits per heavy atom. The Kier molecular flexibility index (Phi) is 8.96. The van der Waals surface area contributed by atoms with Crippen LogP contribution in [0.1, 0.15) is 25.0 Å². The fraction of sp³-hybridized carbons (Fsp3) is 0.571. The van der Waals surface area contributed by atoms with Crippen LogP contribution in [0.5, 0.6) is 0 Å². The molecule has 0 saturated carbocycles. The summed E-state index contributed by atoms with van der Waals surface area (Å²) in [5.41, 5.74) is -1.43. The quantitative estimate of drug-likeness (QED) is 0.367. The van der Waals surface area contributed by atoms with E-state index < -0.39 is 17.3 Å². The largest absolute Gasteiger partial charge is 0.416 e. The Morgan fingerprint density at radius 3 is 2.67 bits per heavy atom. The van der Waals surface area contributed by atoms with Gasteiger partial charge in [-0.1, -0.05) is 17.9 Å². The SMILES string of the molecule is CCNC(=NCC(C)(O)CN1CCOCC1)NCC#Cc1cccc(C(F)(F)F)c1. The number of rotatable bonds is 6. The molecular formula is C21H29F3N4O2. The summed E-state index contributed by atoms with van der Waals surface area (Å²) in [5.74, 6) is 6.00. The van der Waals surface area contributed by atoms with E-state index in [2.05, 4.69) is 32.4 Å². The van der Waals surface area contributed by atoms with Gasteiger partial charge in [0.1, 0.15) is 0 Å². The molecule has 1 aliphatic heterocycles. The van der Waals surface area contributed by atoms with Crippen LogP contribution in [0.15, 0.2) is 29.3 Å². The van der Waals surface area contributed by atoms with Crippen LogP contribution in [0, 0.1) is 11.8 Å². The predicted octanol–water partition coefficient (Wildman–Crippen LogP) is 1.70. The summed E-state index contributed by atoms with van der Waals surface area (Å²) in [6.45, 7) is 8.05. The number of hydrogen-bond donors (Lipinski definition) is 3. The molecular weight excluding hydrogens is 397 g/mol. The molecule has 0 radical (unpaired) electrons. The lowest BCUT2D eigenvalue weighted by Crippen LogP contribution is -2.48. The summed E-state index contributed by atoms with van der Waals surface area (Å²) >= 11 is 0. The molecule has 0 aromatic heterocycles. The minimum absolute atomic E-state index is 0.195. The minimum atomic E-state index is -4.39. The van der Waals surface area contributed by atoms with Gasteiger partial charge in [0.05, 0.1) is 37.5 Å². The molecule has 1 unspecified atom stereocenters. The second-order valence-electron chi connectivity index (χ2n) is 7.31. The molecule has 1 aromatic carbocycles. The number of nitrogens with one attached hydrogen (secondary N) is 2. The maximum Gasteiger partial charge on any atom is 0.416 e. The van der Waals surface area contributed by atoms with Gasteiger partial charge in [0.2, 0.25) is 0 Å². The van der Waals surface area contributed by atoms with E-state index in [1.165, 1.54) is 12.1 Å². The molecule has 1 atom stereocenters. The summed E-state index contributed by atoms with van der Waals surface area (Å²) in [4.78, 5) is 6.55. The van der Waals surface area contributed by atoms with Crippen LogP contribution in [-0.2, 0) is 10.9 Å². The lowest BCUT2D eigenvalue weighted by molar-refractivity contribution is -0.137. The van der Waals surface area contributed by atoms with Crippen molar-refractivity contribution in [1.82, 2.24) is 15.5 Å². The van der Waals surface area contributed by atoms with Crippen molar-refractivity contribution in [3.63, 3.8) is 0 Å². The van der Waals surface area contributed by atoms with Gasteiger partial charge in [-0.15, -0.1) is 0 Å². The smallest absolute Gasteiger partial charge is 0.387 e. The van der Waals surface area contributed by atoms with Crippen LogP contribution in [0.25, 0.3) is 0 Å². The van der Waals surface area contributed by atoms with Gasteiger partial charge < -0.3 is 20.5 Å². The molecule has 6 nitrogen and oxygen atoms in total. The first-order chi connectivity index (χ1) is 14.2. The molecule has 0 bridgehead atoms. The lowest BCUT2D eigenvalue weighted by Gasteiger charge is -2.33. The molecule has 3 N–H and O–H groups in total. The van der Waals surface area contributed by atoms with Gasteiger partial charge in [-0.3, -0.25) is 9.89 Å². The van der Waals surface area contributed by atoms with Crippen LogP contribution in [0.3, 0.4) is 0 Å². The van der Waals surface area contributed by atoms with Crippen molar-refractivity contribution >= 4 is 5.96 Å². The van der Waals surface area contributed by atoms with Crippen LogP contribution in [-0.4, -0.2) is 74.0 Å². The fourth-order valence-corrected chi connectivity index (χ4v) is 2.93. The number of aliphatic imine (C=N–C) groups is 1. The Morgan fingerprint density at radius 2 is 2.00 bits per heavy atom. The summed E-state index contributed by atoms with van der Waals surface area (Å²) < 4.78 is 43.6. The highest BCUT2D eigenvalue weighted by atomic mass is 19.4. The van der Waals surface area contributed by atoms with E-state index >= 15 is 0 Å². The highest BCUT2D eigenvalue weighted by Crippen LogP contribution is 2.29. The predicted molar refractivity (Wildman–Crippen MR) is 110 cm³/mol. The second kappa shape index (κ2) is 11.2. The van der Waals surface area contributed by atoms with E-state index in [4.69, 9.17) is 4.74 Å². The fourth-order valence-electron chi connectivity index (χ4n) is 2.93. The first-order valence-corrected chi connectivity index (χ1v) is 9.90. The molecule has 0 spiro atoms. The van der Waals surface area contributed by atoms with Crippen molar-refractivity contribution in [1.29, 1.82) is 0 Å². The summed E-state index contributed by atoms with van der Waals surface area (Å²) in [7, 11) is 0. The van der Waals surface area contributed by atoms with E-state index in [-0.39, 0.29) is 13.1 Å². The van der Waals surface area contributed by atoms with Crippen molar-refractivity contribution in [2.24, 2.45) is 4.99 Å². The summed E-state index contributed by atoms with van der Waals surface area (Å²) in [5, 5.41) is 16.7.